The molecule has 250 valence electrons. The van der Waals surface area contributed by atoms with Gasteiger partial charge in [0.1, 0.15) is 11.6 Å². The molecule has 3 aliphatic rings. The Labute approximate surface area is 271 Å². The van der Waals surface area contributed by atoms with E-state index in [0.717, 1.165) is 76.6 Å². The maximum atomic E-state index is 12.7. The van der Waals surface area contributed by atoms with Crippen LogP contribution in [-0.2, 0) is 9.84 Å². The molecular weight excluding hydrogens is 584 g/mol. The van der Waals surface area contributed by atoms with Crippen LogP contribution in [0.3, 0.4) is 0 Å². The van der Waals surface area contributed by atoms with E-state index in [1.54, 1.807) is 24.3 Å². The van der Waals surface area contributed by atoms with Gasteiger partial charge in [0.25, 0.3) is 0 Å². The lowest BCUT2D eigenvalue weighted by molar-refractivity contribution is 0.275. The number of sulfone groups is 1. The summed E-state index contributed by atoms with van der Waals surface area (Å²) in [5.41, 5.74) is 6.22. The molecule has 2 aliphatic carbocycles. The SMILES string of the molecule is Nc1cc(N2CCCN(CCS(=O)(=O)c3ccccc3)CC2)nc(NC[C@H]2CC[C@H](CNCCCNC3CCCCC3)CC2)n1. The number of nitrogen functional groups attached to an aromatic ring is 1. The maximum absolute atomic E-state index is 12.7. The zero-order valence-corrected chi connectivity index (χ0v) is 28.0. The van der Waals surface area contributed by atoms with Gasteiger partial charge in [-0.15, -0.1) is 0 Å². The van der Waals surface area contributed by atoms with Crippen LogP contribution in [0, 0.1) is 11.8 Å². The number of aromatic nitrogens is 2. The summed E-state index contributed by atoms with van der Waals surface area (Å²) in [6.45, 7) is 8.07. The van der Waals surface area contributed by atoms with E-state index in [1.807, 2.05) is 12.1 Å². The van der Waals surface area contributed by atoms with Gasteiger partial charge in [0, 0.05) is 44.8 Å². The summed E-state index contributed by atoms with van der Waals surface area (Å²) in [4.78, 5) is 14.2. The van der Waals surface area contributed by atoms with Crippen LogP contribution in [-0.4, -0.2) is 94.0 Å². The number of nitrogens with one attached hydrogen (secondary N) is 3. The van der Waals surface area contributed by atoms with Crippen molar-refractivity contribution in [3.05, 3.63) is 36.4 Å². The third-order valence-electron chi connectivity index (χ3n) is 9.94. The lowest BCUT2D eigenvalue weighted by Crippen LogP contribution is -2.34. The van der Waals surface area contributed by atoms with Crippen LogP contribution >= 0.6 is 0 Å². The summed E-state index contributed by atoms with van der Waals surface area (Å²) in [5.74, 6) is 3.46. The molecule has 1 aliphatic heterocycles. The molecule has 0 amide bonds. The van der Waals surface area contributed by atoms with E-state index in [2.05, 4.69) is 30.7 Å². The molecule has 0 unspecified atom stereocenters. The van der Waals surface area contributed by atoms with Gasteiger partial charge in [-0.3, -0.25) is 0 Å². The third kappa shape index (κ3) is 11.1. The van der Waals surface area contributed by atoms with Gasteiger partial charge >= 0.3 is 0 Å². The smallest absolute Gasteiger partial charge is 0.226 e. The van der Waals surface area contributed by atoms with Crippen LogP contribution in [0.5, 0.6) is 0 Å². The molecular formula is C34H56N8O2S. The highest BCUT2D eigenvalue weighted by Crippen LogP contribution is 2.29. The van der Waals surface area contributed by atoms with Crippen LogP contribution in [0.25, 0.3) is 0 Å². The second-order valence-electron chi connectivity index (χ2n) is 13.4. The molecule has 2 saturated carbocycles. The third-order valence-corrected chi connectivity index (χ3v) is 11.7. The summed E-state index contributed by atoms with van der Waals surface area (Å²) < 4.78 is 25.5. The number of hydrogen-bond donors (Lipinski definition) is 4. The first-order valence-electron chi connectivity index (χ1n) is 17.5. The maximum Gasteiger partial charge on any atom is 0.226 e. The van der Waals surface area contributed by atoms with Crippen molar-refractivity contribution in [2.75, 3.05) is 80.6 Å². The molecule has 1 aromatic carbocycles. The zero-order chi connectivity index (χ0) is 31.3. The van der Waals surface area contributed by atoms with E-state index in [-0.39, 0.29) is 5.75 Å². The predicted octanol–water partition coefficient (Wildman–Crippen LogP) is 4.17. The number of nitrogens with zero attached hydrogens (tertiary/aromatic N) is 4. The molecule has 0 bridgehead atoms. The van der Waals surface area contributed by atoms with Crippen LogP contribution in [0.15, 0.2) is 41.3 Å². The lowest BCUT2D eigenvalue weighted by atomic mass is 9.82. The molecule has 1 aromatic heterocycles. The summed E-state index contributed by atoms with van der Waals surface area (Å²) in [6.07, 6.45) is 14.1. The highest BCUT2D eigenvalue weighted by molar-refractivity contribution is 7.91. The molecule has 0 atom stereocenters. The minimum atomic E-state index is -3.28. The molecule has 2 aromatic rings. The molecule has 11 heteroatoms. The van der Waals surface area contributed by atoms with E-state index in [9.17, 15) is 8.42 Å². The van der Waals surface area contributed by atoms with Crippen molar-refractivity contribution >= 4 is 27.4 Å². The molecule has 5 rings (SSSR count). The van der Waals surface area contributed by atoms with E-state index in [4.69, 9.17) is 10.7 Å². The van der Waals surface area contributed by atoms with Crippen LogP contribution in [0.2, 0.25) is 0 Å². The Bertz CT molecular complexity index is 1250. The van der Waals surface area contributed by atoms with Crippen LogP contribution in [0.1, 0.15) is 70.6 Å². The Balaban J connectivity index is 0.985. The highest BCUT2D eigenvalue weighted by atomic mass is 32.2. The van der Waals surface area contributed by atoms with Gasteiger partial charge in [0.05, 0.1) is 10.6 Å². The van der Waals surface area contributed by atoms with Crippen molar-refractivity contribution in [1.82, 2.24) is 25.5 Å². The number of hydrogen-bond acceptors (Lipinski definition) is 10. The van der Waals surface area contributed by atoms with Gasteiger partial charge in [-0.1, -0.05) is 37.5 Å². The predicted molar refractivity (Wildman–Crippen MR) is 185 cm³/mol. The van der Waals surface area contributed by atoms with Crippen molar-refractivity contribution in [3.63, 3.8) is 0 Å². The molecule has 0 radical (unpaired) electrons. The average molecular weight is 641 g/mol. The van der Waals surface area contributed by atoms with E-state index in [1.165, 1.54) is 64.2 Å². The Morgan fingerprint density at radius 3 is 2.36 bits per heavy atom. The Hall–Kier alpha value is -2.47. The molecule has 1 saturated heterocycles. The van der Waals surface area contributed by atoms with Gasteiger partial charge < -0.3 is 31.5 Å². The van der Waals surface area contributed by atoms with Crippen molar-refractivity contribution in [2.24, 2.45) is 11.8 Å². The number of rotatable bonds is 15. The standard InChI is InChI=1S/C34H56N8O2S/c35-32-25-33(42-20-8-19-41(21-22-42)23-24-45(43,44)31-11-5-2-6-12-31)40-34(39-32)38-27-29-15-13-28(14-16-29)26-36-17-7-18-37-30-9-3-1-4-10-30/h2,5-6,11-12,25,28-30,36-37H,1,3-4,7-10,13-24,26-27H2,(H3,35,38,39,40)/t28-,29-. The quantitative estimate of drug-likeness (QED) is 0.211. The second kappa shape index (κ2) is 17.4. The number of nitrogens with two attached hydrogens (primary N) is 1. The van der Waals surface area contributed by atoms with Crippen LogP contribution in [0.4, 0.5) is 17.6 Å². The van der Waals surface area contributed by atoms with Crippen molar-refractivity contribution in [1.29, 1.82) is 0 Å². The normalized spacial score (nSPS) is 22.3. The number of benzene rings is 1. The monoisotopic (exact) mass is 640 g/mol. The first-order chi connectivity index (χ1) is 21.9. The van der Waals surface area contributed by atoms with Gasteiger partial charge in [0.2, 0.25) is 5.95 Å². The molecule has 3 fully saturated rings. The van der Waals surface area contributed by atoms with Crippen LogP contribution < -0.4 is 26.6 Å². The fourth-order valence-electron chi connectivity index (χ4n) is 7.12. The fourth-order valence-corrected chi connectivity index (χ4v) is 8.43. The Morgan fingerprint density at radius 1 is 0.822 bits per heavy atom. The van der Waals surface area contributed by atoms with Gasteiger partial charge in [0.15, 0.2) is 9.84 Å². The number of anilines is 3. The van der Waals surface area contributed by atoms with E-state index in [0.29, 0.717) is 29.1 Å². The first kappa shape index (κ1) is 33.9. The van der Waals surface area contributed by atoms with Crippen molar-refractivity contribution in [3.8, 4) is 0 Å². The summed E-state index contributed by atoms with van der Waals surface area (Å²) >= 11 is 0. The van der Waals surface area contributed by atoms with Gasteiger partial charge in [-0.2, -0.15) is 9.97 Å². The second-order valence-corrected chi connectivity index (χ2v) is 15.5. The Morgan fingerprint density at radius 2 is 1.58 bits per heavy atom. The average Bonchev–Trinajstić information content (AvgIpc) is 3.32. The van der Waals surface area contributed by atoms with Crippen molar-refractivity contribution < 1.29 is 8.42 Å². The first-order valence-corrected chi connectivity index (χ1v) is 19.2. The molecule has 0 spiro atoms. The minimum absolute atomic E-state index is 0.127. The molecule has 10 nitrogen and oxygen atoms in total. The largest absolute Gasteiger partial charge is 0.383 e. The van der Waals surface area contributed by atoms with Gasteiger partial charge in [-0.05, 0) is 102 Å². The summed E-state index contributed by atoms with van der Waals surface area (Å²) in [5, 5.41) is 11.0. The topological polar surface area (TPSA) is 129 Å². The highest BCUT2D eigenvalue weighted by Gasteiger charge is 2.23. The van der Waals surface area contributed by atoms with E-state index >= 15 is 0 Å². The Kier molecular flexibility index (Phi) is 13.1. The van der Waals surface area contributed by atoms with Gasteiger partial charge in [-0.25, -0.2) is 8.42 Å². The minimum Gasteiger partial charge on any atom is -0.383 e. The lowest BCUT2D eigenvalue weighted by Gasteiger charge is -2.29. The fraction of sp³-hybridized carbons (Fsp3) is 0.706. The van der Waals surface area contributed by atoms with E-state index < -0.39 is 9.84 Å². The summed E-state index contributed by atoms with van der Waals surface area (Å²) in [7, 11) is -3.28. The molecule has 5 N–H and O–H groups in total. The molecule has 45 heavy (non-hydrogen) atoms. The molecule has 2 heterocycles. The zero-order valence-electron chi connectivity index (χ0n) is 27.1. The van der Waals surface area contributed by atoms with Crippen molar-refractivity contribution in [2.45, 2.75) is 81.6 Å². The summed E-state index contributed by atoms with van der Waals surface area (Å²) in [6, 6.07) is 11.3.